The molecule has 33 heavy (non-hydrogen) atoms. The third-order valence-corrected chi connectivity index (χ3v) is 4.91. The second kappa shape index (κ2) is 11.2. The maximum absolute atomic E-state index is 11.1. The van der Waals surface area contributed by atoms with Crippen LogP contribution in [0.25, 0.3) is 10.9 Å². The number of rotatable bonds is 7. The molecule has 5 N–H and O–H groups in total. The fourth-order valence-corrected chi connectivity index (χ4v) is 3.23. The number of aromatic nitrogens is 1. The van der Waals surface area contributed by atoms with Crippen LogP contribution in [-0.4, -0.2) is 51.0 Å². The van der Waals surface area contributed by atoms with Gasteiger partial charge in [-0.3, -0.25) is 0 Å². The fraction of sp³-hybridized carbons (Fsp3) is 0.273. The average Bonchev–Trinajstić information content (AvgIpc) is 3.13. The van der Waals surface area contributed by atoms with Gasteiger partial charge in [0, 0.05) is 34.7 Å². The number of hydrogen-bond acceptors (Lipinski definition) is 4. The highest BCUT2D eigenvalue weighted by molar-refractivity contribution is 6.30. The van der Waals surface area contributed by atoms with E-state index in [-0.39, 0.29) is 11.6 Å². The zero-order chi connectivity index (χ0) is 24.8. The van der Waals surface area contributed by atoms with Gasteiger partial charge in [-0.2, -0.15) is 13.2 Å². The Kier molecular flexibility index (Phi) is 8.86. The van der Waals surface area contributed by atoms with Crippen molar-refractivity contribution in [3.63, 3.8) is 0 Å². The number of carboxylic acid groups (broad SMARTS) is 2. The van der Waals surface area contributed by atoms with Crippen molar-refractivity contribution in [3.8, 4) is 0 Å². The predicted octanol–water partition coefficient (Wildman–Crippen LogP) is 4.41. The van der Waals surface area contributed by atoms with Gasteiger partial charge < -0.3 is 25.6 Å². The van der Waals surface area contributed by atoms with Gasteiger partial charge in [-0.1, -0.05) is 29.8 Å². The Morgan fingerprint density at radius 3 is 2.39 bits per heavy atom. The number of halogens is 4. The molecule has 0 bridgehead atoms. The summed E-state index contributed by atoms with van der Waals surface area (Å²) in [6, 6.07) is 12.4. The maximum atomic E-state index is 11.1. The molecule has 0 spiro atoms. The van der Waals surface area contributed by atoms with Crippen LogP contribution in [0, 0.1) is 0 Å². The second-order valence-corrected chi connectivity index (χ2v) is 7.70. The monoisotopic (exact) mass is 486 g/mol. The topological polar surface area (TPSA) is 123 Å². The van der Waals surface area contributed by atoms with Crippen LogP contribution in [0.4, 0.5) is 13.2 Å². The van der Waals surface area contributed by atoms with Crippen LogP contribution >= 0.6 is 11.6 Å². The van der Waals surface area contributed by atoms with Crippen molar-refractivity contribution in [1.29, 1.82) is 0 Å². The van der Waals surface area contributed by atoms with Crippen molar-refractivity contribution < 1.29 is 38.1 Å². The fourth-order valence-electron chi connectivity index (χ4n) is 3.03. The molecule has 1 heterocycles. The summed E-state index contributed by atoms with van der Waals surface area (Å²) in [5.41, 5.74) is 2.97. The van der Waals surface area contributed by atoms with Gasteiger partial charge in [0.25, 0.3) is 0 Å². The molecule has 3 aromatic rings. The first-order valence-corrected chi connectivity index (χ1v) is 10.1. The molecule has 0 radical (unpaired) electrons. The second-order valence-electron chi connectivity index (χ2n) is 7.27. The van der Waals surface area contributed by atoms with Crippen LogP contribution in [0.5, 0.6) is 0 Å². The number of benzene rings is 2. The highest BCUT2D eigenvalue weighted by Gasteiger charge is 2.38. The summed E-state index contributed by atoms with van der Waals surface area (Å²) in [5.74, 6) is -3.69. The van der Waals surface area contributed by atoms with Crippen LogP contribution in [0.3, 0.4) is 0 Å². The molecule has 178 valence electrons. The summed E-state index contributed by atoms with van der Waals surface area (Å²) in [6.45, 7) is 2.47. The van der Waals surface area contributed by atoms with E-state index in [0.29, 0.717) is 11.6 Å². The summed E-state index contributed by atoms with van der Waals surface area (Å²) in [5, 5.41) is 31.4. The van der Waals surface area contributed by atoms with Crippen molar-refractivity contribution in [3.05, 3.63) is 70.4 Å². The highest BCUT2D eigenvalue weighted by Crippen LogP contribution is 2.22. The molecule has 0 fully saturated rings. The van der Waals surface area contributed by atoms with Crippen molar-refractivity contribution in [2.24, 2.45) is 0 Å². The summed E-state index contributed by atoms with van der Waals surface area (Å²) >= 11 is 5.96. The lowest BCUT2D eigenvalue weighted by Gasteiger charge is -2.17. The maximum Gasteiger partial charge on any atom is 0.490 e. The molecule has 0 saturated carbocycles. The number of hydrogen-bond donors (Lipinski definition) is 5. The lowest BCUT2D eigenvalue weighted by atomic mass is 10.0. The van der Waals surface area contributed by atoms with Crippen LogP contribution in [-0.2, 0) is 11.2 Å². The molecule has 2 aromatic carbocycles. The third kappa shape index (κ3) is 7.77. The molecule has 7 nitrogen and oxygen atoms in total. The number of aromatic amines is 1. The van der Waals surface area contributed by atoms with E-state index in [1.54, 1.807) is 24.3 Å². The van der Waals surface area contributed by atoms with Gasteiger partial charge in [0.2, 0.25) is 0 Å². The molecule has 0 saturated heterocycles. The van der Waals surface area contributed by atoms with E-state index in [4.69, 9.17) is 26.6 Å². The zero-order valence-corrected chi connectivity index (χ0v) is 18.1. The summed E-state index contributed by atoms with van der Waals surface area (Å²) in [7, 11) is 0. The van der Waals surface area contributed by atoms with Crippen molar-refractivity contribution >= 4 is 34.4 Å². The average molecular weight is 487 g/mol. The van der Waals surface area contributed by atoms with Crippen molar-refractivity contribution in [2.75, 3.05) is 6.54 Å². The number of aliphatic carboxylic acids is 1. The van der Waals surface area contributed by atoms with Crippen LogP contribution in [0.15, 0.2) is 48.7 Å². The highest BCUT2D eigenvalue weighted by atomic mass is 35.5. The molecule has 0 unspecified atom stereocenters. The summed E-state index contributed by atoms with van der Waals surface area (Å²) < 4.78 is 31.7. The largest absolute Gasteiger partial charge is 0.490 e. The van der Waals surface area contributed by atoms with E-state index in [0.717, 1.165) is 28.5 Å². The van der Waals surface area contributed by atoms with E-state index in [1.807, 2.05) is 24.4 Å². The summed E-state index contributed by atoms with van der Waals surface area (Å²) in [4.78, 5) is 23.1. The minimum atomic E-state index is -5.08. The molecule has 2 atom stereocenters. The molecule has 11 heteroatoms. The SMILES string of the molecule is C[C@H](Cc1c[nH]c2cc(C(=O)O)ccc12)NC[C@H](O)c1cccc(Cl)c1.O=C(O)C(F)(F)F. The van der Waals surface area contributed by atoms with Gasteiger partial charge in [0.1, 0.15) is 0 Å². The zero-order valence-electron chi connectivity index (χ0n) is 17.4. The number of H-pyrrole nitrogens is 1. The molecular formula is C22H22ClF3N2O5. The Hall–Kier alpha value is -3.08. The summed E-state index contributed by atoms with van der Waals surface area (Å²) in [6.07, 6.45) is -3.05. The Bertz CT molecular complexity index is 1120. The number of aromatic carboxylic acids is 1. The number of aliphatic hydroxyl groups is 1. The Morgan fingerprint density at radius 2 is 1.82 bits per heavy atom. The van der Waals surface area contributed by atoms with E-state index in [1.165, 1.54) is 0 Å². The van der Waals surface area contributed by atoms with Gasteiger partial charge in [0.05, 0.1) is 11.7 Å². The molecular weight excluding hydrogens is 465 g/mol. The van der Waals surface area contributed by atoms with Gasteiger partial charge >= 0.3 is 18.1 Å². The van der Waals surface area contributed by atoms with Crippen molar-refractivity contribution in [2.45, 2.75) is 31.7 Å². The smallest absolute Gasteiger partial charge is 0.478 e. The normalized spacial score (nSPS) is 13.2. The molecule has 0 aliphatic carbocycles. The Balaban J connectivity index is 0.000000479. The lowest BCUT2D eigenvalue weighted by Crippen LogP contribution is -2.32. The molecule has 0 aliphatic heterocycles. The number of fused-ring (bicyclic) bond motifs is 1. The minimum absolute atomic E-state index is 0.141. The predicted molar refractivity (Wildman–Crippen MR) is 117 cm³/mol. The molecule has 0 amide bonds. The van der Waals surface area contributed by atoms with Gasteiger partial charge in [0.15, 0.2) is 0 Å². The molecule has 3 rings (SSSR count). The van der Waals surface area contributed by atoms with Gasteiger partial charge in [-0.25, -0.2) is 9.59 Å². The molecule has 0 aliphatic rings. The minimum Gasteiger partial charge on any atom is -0.478 e. The van der Waals surface area contributed by atoms with E-state index < -0.39 is 24.2 Å². The van der Waals surface area contributed by atoms with E-state index >= 15 is 0 Å². The Labute approximate surface area is 191 Å². The van der Waals surface area contributed by atoms with E-state index in [9.17, 15) is 23.1 Å². The van der Waals surface area contributed by atoms with Crippen LogP contribution < -0.4 is 5.32 Å². The number of alkyl halides is 3. The number of carbonyl (C=O) groups is 2. The quantitative estimate of drug-likeness (QED) is 0.337. The van der Waals surface area contributed by atoms with Gasteiger partial charge in [-0.15, -0.1) is 0 Å². The number of aliphatic hydroxyl groups excluding tert-OH is 1. The number of carboxylic acids is 2. The third-order valence-electron chi connectivity index (χ3n) is 4.68. The first-order chi connectivity index (χ1) is 15.4. The lowest BCUT2D eigenvalue weighted by molar-refractivity contribution is -0.192. The van der Waals surface area contributed by atoms with Crippen LogP contribution in [0.2, 0.25) is 5.02 Å². The van der Waals surface area contributed by atoms with Crippen LogP contribution in [0.1, 0.15) is 34.5 Å². The van der Waals surface area contributed by atoms with Crippen molar-refractivity contribution in [1.82, 2.24) is 10.3 Å². The first kappa shape index (κ1) is 26.2. The standard InChI is InChI=1S/C20H21ClN2O3.C2HF3O2/c1-12(22-11-19(24)13-3-2-4-16(21)8-13)7-15-10-23-18-9-14(20(25)26)5-6-17(15)18;3-2(4,5)1(6)7/h2-6,8-10,12,19,22-24H,7,11H2,1H3,(H,25,26);(H,6,7)/t12-,19+;/m1./s1. The Morgan fingerprint density at radius 1 is 1.15 bits per heavy atom. The number of nitrogens with one attached hydrogen (secondary N) is 2. The van der Waals surface area contributed by atoms with Gasteiger partial charge in [-0.05, 0) is 48.7 Å². The van der Waals surface area contributed by atoms with E-state index in [2.05, 4.69) is 17.2 Å². The molecule has 1 aromatic heterocycles. The first-order valence-electron chi connectivity index (χ1n) is 9.68.